The first-order chi connectivity index (χ1) is 15.8. The Hall–Kier alpha value is -3.85. The summed E-state index contributed by atoms with van der Waals surface area (Å²) < 4.78 is 32.2. The molecule has 170 valence electrons. The van der Waals surface area contributed by atoms with Gasteiger partial charge in [-0.05, 0) is 73.5 Å². The van der Waals surface area contributed by atoms with Crippen molar-refractivity contribution in [3.05, 3.63) is 83.4 Å². The minimum absolute atomic E-state index is 0.251. The topological polar surface area (TPSA) is 105 Å². The Morgan fingerprint density at radius 2 is 1.55 bits per heavy atom. The third kappa shape index (κ3) is 4.68. The zero-order valence-corrected chi connectivity index (χ0v) is 19.0. The summed E-state index contributed by atoms with van der Waals surface area (Å²) in [4.78, 5) is 24.1. The number of benzene rings is 3. The Kier molecular flexibility index (Phi) is 6.06. The van der Waals surface area contributed by atoms with Crippen molar-refractivity contribution in [3.8, 4) is 0 Å². The summed E-state index contributed by atoms with van der Waals surface area (Å²) in [7, 11) is -2.36. The van der Waals surface area contributed by atoms with Crippen LogP contribution in [0.1, 0.15) is 21.5 Å². The molecule has 33 heavy (non-hydrogen) atoms. The molecular weight excluding hydrogens is 442 g/mol. The molecule has 3 aromatic rings. The number of fused-ring (bicyclic) bond motifs is 1. The van der Waals surface area contributed by atoms with Crippen molar-refractivity contribution in [3.63, 3.8) is 0 Å². The van der Waals surface area contributed by atoms with E-state index < -0.39 is 22.0 Å². The van der Waals surface area contributed by atoms with E-state index in [2.05, 4.69) is 15.4 Å². The molecule has 0 bridgehead atoms. The number of hydrogen-bond acceptors (Lipinski definition) is 5. The molecule has 2 N–H and O–H groups in total. The number of esters is 1. The van der Waals surface area contributed by atoms with Crippen molar-refractivity contribution in [2.45, 2.75) is 18.2 Å². The van der Waals surface area contributed by atoms with Crippen LogP contribution >= 0.6 is 0 Å². The van der Waals surface area contributed by atoms with Crippen molar-refractivity contribution >= 4 is 39.1 Å². The van der Waals surface area contributed by atoms with Crippen molar-refractivity contribution in [2.75, 3.05) is 28.6 Å². The summed E-state index contributed by atoms with van der Waals surface area (Å²) in [5, 5.41) is 5.44. The van der Waals surface area contributed by atoms with Gasteiger partial charge in [-0.2, -0.15) is 0 Å². The fraction of sp³-hybridized carbons (Fsp3) is 0.167. The molecule has 0 saturated heterocycles. The van der Waals surface area contributed by atoms with Gasteiger partial charge in [-0.3, -0.25) is 4.31 Å². The highest BCUT2D eigenvalue weighted by Crippen LogP contribution is 2.34. The molecule has 0 aliphatic carbocycles. The molecule has 4 rings (SSSR count). The van der Waals surface area contributed by atoms with Crippen LogP contribution in [0.5, 0.6) is 0 Å². The van der Waals surface area contributed by atoms with Gasteiger partial charge in [0, 0.05) is 17.9 Å². The number of nitrogens with zero attached hydrogens (tertiary/aromatic N) is 1. The van der Waals surface area contributed by atoms with E-state index >= 15 is 0 Å². The van der Waals surface area contributed by atoms with E-state index in [-0.39, 0.29) is 4.90 Å². The minimum Gasteiger partial charge on any atom is -0.465 e. The van der Waals surface area contributed by atoms with E-state index in [1.54, 1.807) is 66.7 Å². The summed E-state index contributed by atoms with van der Waals surface area (Å²) >= 11 is 0. The van der Waals surface area contributed by atoms with Crippen LogP contribution < -0.4 is 14.9 Å². The number of amides is 2. The van der Waals surface area contributed by atoms with Gasteiger partial charge in [0.2, 0.25) is 0 Å². The molecule has 0 radical (unpaired) electrons. The monoisotopic (exact) mass is 465 g/mol. The second-order valence-corrected chi connectivity index (χ2v) is 9.49. The quantitative estimate of drug-likeness (QED) is 0.550. The molecule has 1 heterocycles. The van der Waals surface area contributed by atoms with Gasteiger partial charge in [-0.15, -0.1) is 0 Å². The number of nitrogens with one attached hydrogen (secondary N) is 2. The number of methoxy groups -OCH3 is 1. The molecule has 1 aliphatic rings. The summed E-state index contributed by atoms with van der Waals surface area (Å²) in [5.41, 5.74) is 3.88. The smallest absolute Gasteiger partial charge is 0.337 e. The first-order valence-corrected chi connectivity index (χ1v) is 11.7. The average Bonchev–Trinajstić information content (AvgIpc) is 3.23. The molecule has 0 fully saturated rings. The van der Waals surface area contributed by atoms with Gasteiger partial charge < -0.3 is 15.4 Å². The highest BCUT2D eigenvalue weighted by molar-refractivity contribution is 7.92. The molecule has 0 atom stereocenters. The van der Waals surface area contributed by atoms with Crippen LogP contribution in [0.25, 0.3) is 0 Å². The van der Waals surface area contributed by atoms with E-state index in [4.69, 9.17) is 0 Å². The lowest BCUT2D eigenvalue weighted by Crippen LogP contribution is -2.29. The molecule has 3 aromatic carbocycles. The number of carbonyl (C=O) groups is 2. The van der Waals surface area contributed by atoms with Crippen LogP contribution in [-0.4, -0.2) is 34.1 Å². The molecule has 0 saturated carbocycles. The second-order valence-electron chi connectivity index (χ2n) is 7.63. The van der Waals surface area contributed by atoms with Crippen molar-refractivity contribution in [1.82, 2.24) is 0 Å². The largest absolute Gasteiger partial charge is 0.465 e. The molecular formula is C24H23N3O5S. The lowest BCUT2D eigenvalue weighted by Gasteiger charge is -2.20. The number of hydrogen-bond donors (Lipinski definition) is 2. The molecule has 0 spiro atoms. The van der Waals surface area contributed by atoms with Gasteiger partial charge in [-0.1, -0.05) is 17.7 Å². The number of urea groups is 1. The normalized spacial score (nSPS) is 12.7. The van der Waals surface area contributed by atoms with Crippen molar-refractivity contribution < 1.29 is 22.7 Å². The lowest BCUT2D eigenvalue weighted by atomic mass is 10.1. The van der Waals surface area contributed by atoms with Crippen molar-refractivity contribution in [1.29, 1.82) is 0 Å². The van der Waals surface area contributed by atoms with E-state index in [1.807, 2.05) is 6.92 Å². The molecule has 1 aliphatic heterocycles. The average molecular weight is 466 g/mol. The maximum atomic E-state index is 13.1. The third-order valence-corrected chi connectivity index (χ3v) is 7.19. The molecule has 9 heteroatoms. The minimum atomic E-state index is -3.66. The van der Waals surface area contributed by atoms with Crippen LogP contribution in [0.3, 0.4) is 0 Å². The number of sulfonamides is 1. The fourth-order valence-electron chi connectivity index (χ4n) is 3.64. The Balaban J connectivity index is 1.45. The Bertz CT molecular complexity index is 1300. The van der Waals surface area contributed by atoms with Crippen LogP contribution in [0.15, 0.2) is 71.6 Å². The van der Waals surface area contributed by atoms with Crippen LogP contribution in [-0.2, 0) is 21.2 Å². The predicted octanol–water partition coefficient (Wildman–Crippen LogP) is 4.18. The fourth-order valence-corrected chi connectivity index (χ4v) is 5.14. The zero-order valence-electron chi connectivity index (χ0n) is 18.2. The number of carbonyl (C=O) groups excluding carboxylic acids is 2. The van der Waals surface area contributed by atoms with E-state index in [0.29, 0.717) is 35.6 Å². The maximum Gasteiger partial charge on any atom is 0.337 e. The predicted molar refractivity (Wildman–Crippen MR) is 126 cm³/mol. The second kappa shape index (κ2) is 8.95. The summed E-state index contributed by atoms with van der Waals surface area (Å²) in [5.74, 6) is -0.456. The number of anilines is 3. The van der Waals surface area contributed by atoms with Gasteiger partial charge in [0.05, 0.1) is 23.3 Å². The summed E-state index contributed by atoms with van der Waals surface area (Å²) in [6.45, 7) is 2.25. The van der Waals surface area contributed by atoms with E-state index in [0.717, 1.165) is 11.1 Å². The summed E-state index contributed by atoms with van der Waals surface area (Å²) in [6.07, 6.45) is 0.548. The van der Waals surface area contributed by atoms with E-state index in [1.165, 1.54) is 11.4 Å². The number of rotatable bonds is 5. The number of aryl methyl sites for hydroxylation is 1. The SMILES string of the molecule is COC(=O)c1ccc(NC(=O)Nc2ccc3c(c2)CCN3S(=O)(=O)c2ccc(C)cc2)cc1. The van der Waals surface area contributed by atoms with Crippen LogP contribution in [0.4, 0.5) is 21.9 Å². The third-order valence-electron chi connectivity index (χ3n) is 5.36. The van der Waals surface area contributed by atoms with Gasteiger partial charge >= 0.3 is 12.0 Å². The summed E-state index contributed by atoms with van der Waals surface area (Å²) in [6, 6.07) is 17.8. The first-order valence-electron chi connectivity index (χ1n) is 10.3. The van der Waals surface area contributed by atoms with Gasteiger partial charge in [-0.25, -0.2) is 18.0 Å². The maximum absolute atomic E-state index is 13.1. The number of ether oxygens (including phenoxy) is 1. The molecule has 0 aromatic heterocycles. The van der Waals surface area contributed by atoms with E-state index in [9.17, 15) is 18.0 Å². The Morgan fingerprint density at radius 3 is 2.21 bits per heavy atom. The lowest BCUT2D eigenvalue weighted by molar-refractivity contribution is 0.0600. The Morgan fingerprint density at radius 1 is 0.909 bits per heavy atom. The first kappa shape index (κ1) is 22.3. The van der Waals surface area contributed by atoms with Crippen LogP contribution in [0.2, 0.25) is 0 Å². The van der Waals surface area contributed by atoms with Crippen molar-refractivity contribution in [2.24, 2.45) is 0 Å². The Labute approximate surface area is 192 Å². The van der Waals surface area contributed by atoms with Gasteiger partial charge in [0.25, 0.3) is 10.0 Å². The van der Waals surface area contributed by atoms with Crippen LogP contribution in [0, 0.1) is 6.92 Å². The van der Waals surface area contributed by atoms with Gasteiger partial charge in [0.15, 0.2) is 0 Å². The zero-order chi connectivity index (χ0) is 23.6. The standard InChI is InChI=1S/C24H23N3O5S/c1-16-3-10-21(11-4-16)33(30,31)27-14-13-18-15-20(9-12-22(18)27)26-24(29)25-19-7-5-17(6-8-19)23(28)32-2/h3-12,15H,13-14H2,1-2H3,(H2,25,26,29). The highest BCUT2D eigenvalue weighted by Gasteiger charge is 2.31. The molecule has 2 amide bonds. The highest BCUT2D eigenvalue weighted by atomic mass is 32.2. The molecule has 0 unspecified atom stereocenters. The van der Waals surface area contributed by atoms with Gasteiger partial charge in [0.1, 0.15) is 0 Å². The molecule has 8 nitrogen and oxygen atoms in total.